The quantitative estimate of drug-likeness (QED) is 0.764. The molecule has 0 amide bonds. The molecule has 2 aromatic heterocycles. The number of ether oxygens (including phenoxy) is 2. The van der Waals surface area contributed by atoms with Gasteiger partial charge >= 0.3 is 0 Å². The van der Waals surface area contributed by atoms with Gasteiger partial charge in [0.2, 0.25) is 5.95 Å². The van der Waals surface area contributed by atoms with Crippen molar-refractivity contribution in [3.05, 3.63) is 53.2 Å². The fraction of sp³-hybridized carbons (Fsp3) is 0.316. The van der Waals surface area contributed by atoms with E-state index in [4.69, 9.17) is 9.47 Å². The highest BCUT2D eigenvalue weighted by Crippen LogP contribution is 2.31. The highest BCUT2D eigenvalue weighted by atomic mass is 19.1. The zero-order valence-electron chi connectivity index (χ0n) is 14.6. The molecule has 2 aliphatic rings. The van der Waals surface area contributed by atoms with Gasteiger partial charge in [0.15, 0.2) is 5.65 Å². The van der Waals surface area contributed by atoms with Gasteiger partial charge in [-0.3, -0.25) is 4.40 Å². The number of benzene rings is 1. The van der Waals surface area contributed by atoms with Crippen LogP contribution in [-0.4, -0.2) is 32.8 Å². The SMILES string of the molecule is Fc1ccc2c(c1CNc1ncc(C3=CCCCO3)c3nncn13)CCO2. The molecule has 0 saturated carbocycles. The molecule has 5 rings (SSSR count). The van der Waals surface area contributed by atoms with Gasteiger partial charge in [-0.05, 0) is 31.1 Å². The van der Waals surface area contributed by atoms with Gasteiger partial charge in [0.05, 0.1) is 18.8 Å². The molecule has 0 atom stereocenters. The second-order valence-corrected chi connectivity index (χ2v) is 6.53. The minimum atomic E-state index is -0.246. The number of rotatable bonds is 4. The summed E-state index contributed by atoms with van der Waals surface area (Å²) in [7, 11) is 0. The van der Waals surface area contributed by atoms with Crippen LogP contribution in [0.4, 0.5) is 10.3 Å². The summed E-state index contributed by atoms with van der Waals surface area (Å²) in [5.74, 6) is 1.84. The summed E-state index contributed by atoms with van der Waals surface area (Å²) >= 11 is 0. The summed E-state index contributed by atoms with van der Waals surface area (Å²) in [5.41, 5.74) is 2.98. The van der Waals surface area contributed by atoms with E-state index in [0.29, 0.717) is 43.3 Å². The number of allylic oxidation sites excluding steroid dienone is 1. The van der Waals surface area contributed by atoms with Crippen LogP contribution in [0.2, 0.25) is 0 Å². The lowest BCUT2D eigenvalue weighted by atomic mass is 10.0. The van der Waals surface area contributed by atoms with Crippen LogP contribution in [0.5, 0.6) is 5.75 Å². The van der Waals surface area contributed by atoms with Crippen molar-refractivity contribution in [2.24, 2.45) is 0 Å². The van der Waals surface area contributed by atoms with E-state index in [0.717, 1.165) is 35.5 Å². The van der Waals surface area contributed by atoms with E-state index in [1.54, 1.807) is 23.0 Å². The average molecular weight is 367 g/mol. The number of fused-ring (bicyclic) bond motifs is 2. The molecule has 7 nitrogen and oxygen atoms in total. The van der Waals surface area contributed by atoms with E-state index in [9.17, 15) is 4.39 Å². The maximum Gasteiger partial charge on any atom is 0.210 e. The maximum atomic E-state index is 14.3. The number of aromatic nitrogens is 4. The van der Waals surface area contributed by atoms with E-state index >= 15 is 0 Å². The molecule has 0 bridgehead atoms. The van der Waals surface area contributed by atoms with Gasteiger partial charge < -0.3 is 14.8 Å². The van der Waals surface area contributed by atoms with Gasteiger partial charge in [-0.25, -0.2) is 9.37 Å². The molecule has 0 spiro atoms. The van der Waals surface area contributed by atoms with Crippen molar-refractivity contribution in [3.63, 3.8) is 0 Å². The average Bonchev–Trinajstić information content (AvgIpc) is 3.37. The van der Waals surface area contributed by atoms with Crippen molar-refractivity contribution in [2.75, 3.05) is 18.5 Å². The Labute approximate surface area is 154 Å². The monoisotopic (exact) mass is 367 g/mol. The molecular weight excluding hydrogens is 349 g/mol. The topological polar surface area (TPSA) is 73.6 Å². The molecule has 0 radical (unpaired) electrons. The molecule has 138 valence electrons. The maximum absolute atomic E-state index is 14.3. The first-order valence-corrected chi connectivity index (χ1v) is 9.00. The molecule has 1 N–H and O–H groups in total. The summed E-state index contributed by atoms with van der Waals surface area (Å²) in [4.78, 5) is 4.49. The number of hydrogen-bond acceptors (Lipinski definition) is 6. The summed E-state index contributed by atoms with van der Waals surface area (Å²) in [6, 6.07) is 3.13. The van der Waals surface area contributed by atoms with E-state index in [1.807, 2.05) is 6.08 Å². The predicted octanol–water partition coefficient (Wildman–Crippen LogP) is 2.96. The van der Waals surface area contributed by atoms with Gasteiger partial charge in [-0.1, -0.05) is 0 Å². The molecule has 0 fully saturated rings. The van der Waals surface area contributed by atoms with Crippen LogP contribution >= 0.6 is 0 Å². The van der Waals surface area contributed by atoms with Gasteiger partial charge in [0, 0.05) is 30.3 Å². The molecule has 0 unspecified atom stereocenters. The van der Waals surface area contributed by atoms with Crippen LogP contribution in [-0.2, 0) is 17.7 Å². The first kappa shape index (κ1) is 16.0. The lowest BCUT2D eigenvalue weighted by Gasteiger charge is -2.16. The third kappa shape index (κ3) is 2.77. The number of hydrogen-bond donors (Lipinski definition) is 1. The predicted molar refractivity (Wildman–Crippen MR) is 96.9 cm³/mol. The minimum Gasteiger partial charge on any atom is -0.493 e. The first-order valence-electron chi connectivity index (χ1n) is 9.00. The number of nitrogens with one attached hydrogen (secondary N) is 1. The van der Waals surface area contributed by atoms with Crippen LogP contribution in [0.3, 0.4) is 0 Å². The second kappa shape index (κ2) is 6.53. The Kier molecular flexibility index (Phi) is 3.88. The van der Waals surface area contributed by atoms with Crippen molar-refractivity contribution in [1.82, 2.24) is 19.6 Å². The molecule has 0 aliphatic carbocycles. The van der Waals surface area contributed by atoms with Crippen LogP contribution in [0.1, 0.15) is 29.5 Å². The molecule has 4 heterocycles. The molecule has 27 heavy (non-hydrogen) atoms. The summed E-state index contributed by atoms with van der Waals surface area (Å²) < 4.78 is 27.4. The smallest absolute Gasteiger partial charge is 0.210 e. The van der Waals surface area contributed by atoms with Crippen LogP contribution < -0.4 is 10.1 Å². The fourth-order valence-electron chi connectivity index (χ4n) is 3.54. The van der Waals surface area contributed by atoms with Crippen molar-refractivity contribution in [3.8, 4) is 5.75 Å². The second-order valence-electron chi connectivity index (χ2n) is 6.53. The van der Waals surface area contributed by atoms with E-state index in [-0.39, 0.29) is 5.82 Å². The standard InChI is InChI=1S/C19H18FN5O2/c20-15-4-5-17-12(6-8-27-17)13(15)9-21-19-22-10-14(16-3-1-2-7-26-16)18-24-23-11-25(18)19/h3-5,10-11H,1-2,6-9H2,(H,21,22). The first-order chi connectivity index (χ1) is 13.3. The highest BCUT2D eigenvalue weighted by molar-refractivity contribution is 5.72. The van der Waals surface area contributed by atoms with E-state index < -0.39 is 0 Å². The van der Waals surface area contributed by atoms with Gasteiger partial charge in [-0.15, -0.1) is 10.2 Å². The largest absolute Gasteiger partial charge is 0.493 e. The van der Waals surface area contributed by atoms with Crippen molar-refractivity contribution in [1.29, 1.82) is 0 Å². The molecule has 3 aromatic rings. The Balaban J connectivity index is 1.46. The van der Waals surface area contributed by atoms with E-state index in [1.165, 1.54) is 6.07 Å². The van der Waals surface area contributed by atoms with Crippen LogP contribution in [0.25, 0.3) is 11.4 Å². The van der Waals surface area contributed by atoms with Crippen molar-refractivity contribution in [2.45, 2.75) is 25.8 Å². The molecule has 8 heteroatoms. The van der Waals surface area contributed by atoms with Gasteiger partial charge in [-0.2, -0.15) is 0 Å². The van der Waals surface area contributed by atoms with Gasteiger partial charge in [0.1, 0.15) is 23.7 Å². The van der Waals surface area contributed by atoms with Crippen molar-refractivity contribution < 1.29 is 13.9 Å². The lowest BCUT2D eigenvalue weighted by Crippen LogP contribution is -2.11. The number of halogens is 1. The zero-order chi connectivity index (χ0) is 18.2. The number of anilines is 1. The zero-order valence-corrected chi connectivity index (χ0v) is 14.6. The Bertz CT molecular complexity index is 1050. The van der Waals surface area contributed by atoms with Crippen LogP contribution in [0.15, 0.2) is 30.7 Å². The Hall–Kier alpha value is -3.16. The minimum absolute atomic E-state index is 0.246. The summed E-state index contributed by atoms with van der Waals surface area (Å²) in [6.45, 7) is 1.58. The van der Waals surface area contributed by atoms with E-state index in [2.05, 4.69) is 20.5 Å². The van der Waals surface area contributed by atoms with Crippen molar-refractivity contribution >= 4 is 17.4 Å². The third-order valence-corrected chi connectivity index (χ3v) is 4.90. The highest BCUT2D eigenvalue weighted by Gasteiger charge is 2.20. The van der Waals surface area contributed by atoms with Crippen LogP contribution in [0, 0.1) is 5.82 Å². The molecule has 2 aliphatic heterocycles. The third-order valence-electron chi connectivity index (χ3n) is 4.90. The molecule has 0 saturated heterocycles. The summed E-state index contributed by atoms with van der Waals surface area (Å²) in [6.07, 6.45) is 8.05. The molecule has 1 aromatic carbocycles. The van der Waals surface area contributed by atoms with Gasteiger partial charge in [0.25, 0.3) is 0 Å². The Morgan fingerprint density at radius 1 is 1.22 bits per heavy atom. The normalized spacial score (nSPS) is 15.8. The lowest BCUT2D eigenvalue weighted by molar-refractivity contribution is 0.259. The molecular formula is C19H18FN5O2. The number of nitrogens with zero attached hydrogens (tertiary/aromatic N) is 4. The fourth-order valence-corrected chi connectivity index (χ4v) is 3.54. The Morgan fingerprint density at radius 3 is 3.07 bits per heavy atom. The Morgan fingerprint density at radius 2 is 2.19 bits per heavy atom. The summed E-state index contributed by atoms with van der Waals surface area (Å²) in [5, 5.41) is 11.4.